The van der Waals surface area contributed by atoms with Crippen molar-refractivity contribution in [3.63, 3.8) is 0 Å². The molecule has 28 heavy (non-hydrogen) atoms. The van der Waals surface area contributed by atoms with Crippen LogP contribution in [0.3, 0.4) is 0 Å². The van der Waals surface area contributed by atoms with Gasteiger partial charge in [0.15, 0.2) is 17.9 Å². The molecule has 0 aliphatic rings. The van der Waals surface area contributed by atoms with Gasteiger partial charge in [-0.15, -0.1) is 0 Å². The highest BCUT2D eigenvalue weighted by Crippen LogP contribution is 2.44. The number of nitrogens with zero attached hydrogens (tertiary/aromatic N) is 3. The molecule has 0 saturated carbocycles. The quantitative estimate of drug-likeness (QED) is 0.449. The molecule has 0 amide bonds. The number of fused-ring (bicyclic) bond motifs is 1. The van der Waals surface area contributed by atoms with E-state index in [0.717, 1.165) is 0 Å². The summed E-state index contributed by atoms with van der Waals surface area (Å²) in [7, 11) is -4.23. The van der Waals surface area contributed by atoms with Gasteiger partial charge in [-0.2, -0.15) is 4.98 Å². The Morgan fingerprint density at radius 2 is 2.04 bits per heavy atom. The molecule has 12 nitrogen and oxygen atoms in total. The van der Waals surface area contributed by atoms with Gasteiger partial charge in [0.25, 0.3) is 5.56 Å². The van der Waals surface area contributed by atoms with Crippen LogP contribution in [0.15, 0.2) is 11.1 Å². The van der Waals surface area contributed by atoms with Crippen molar-refractivity contribution in [1.29, 1.82) is 0 Å². The fourth-order valence-electron chi connectivity index (χ4n) is 2.07. The molecule has 2 aromatic rings. The van der Waals surface area contributed by atoms with Crippen molar-refractivity contribution in [2.45, 2.75) is 46.0 Å². The van der Waals surface area contributed by atoms with Crippen LogP contribution in [0.25, 0.3) is 11.2 Å². The third-order valence-corrected chi connectivity index (χ3v) is 4.36. The van der Waals surface area contributed by atoms with Crippen molar-refractivity contribution < 1.29 is 28.0 Å². The van der Waals surface area contributed by atoms with E-state index >= 15 is 0 Å². The Balaban J connectivity index is 2.06. The minimum Gasteiger partial charge on any atom is -0.376 e. The summed E-state index contributed by atoms with van der Waals surface area (Å²) >= 11 is 0. The predicted molar refractivity (Wildman–Crippen MR) is 100 cm³/mol. The zero-order chi connectivity index (χ0) is 20.9. The van der Waals surface area contributed by atoms with Gasteiger partial charge < -0.3 is 20.1 Å². The van der Waals surface area contributed by atoms with Crippen molar-refractivity contribution in [3.8, 4) is 0 Å². The molecule has 2 unspecified atom stereocenters. The molecule has 4 N–H and O–H groups in total. The number of aromatic amines is 1. The number of aromatic nitrogens is 4. The first-order chi connectivity index (χ1) is 13.1. The molecular weight excluding hydrogens is 393 g/mol. The van der Waals surface area contributed by atoms with Crippen molar-refractivity contribution >= 4 is 24.9 Å². The predicted octanol–water partition coefficient (Wildman–Crippen LogP) is 1.02. The Kier molecular flexibility index (Phi) is 7.70. The van der Waals surface area contributed by atoms with Crippen LogP contribution in [0, 0.1) is 6.73 Å². The van der Waals surface area contributed by atoms with Gasteiger partial charge in [-0.25, -0.2) is 9.55 Å². The lowest BCUT2D eigenvalue weighted by molar-refractivity contribution is -0.0408. The summed E-state index contributed by atoms with van der Waals surface area (Å²) in [6, 6.07) is 0. The molecule has 0 bridgehead atoms. The van der Waals surface area contributed by atoms with Crippen molar-refractivity contribution in [2.24, 2.45) is 0 Å². The number of imidazole rings is 1. The highest BCUT2D eigenvalue weighted by atomic mass is 31.2. The van der Waals surface area contributed by atoms with Crippen molar-refractivity contribution in [2.75, 3.05) is 18.9 Å². The molecule has 0 aromatic carbocycles. The van der Waals surface area contributed by atoms with Crippen LogP contribution in [0.5, 0.6) is 0 Å². The fraction of sp³-hybridized carbons (Fsp3) is 0.600. The van der Waals surface area contributed by atoms with E-state index in [1.807, 2.05) is 13.8 Å². The summed E-state index contributed by atoms with van der Waals surface area (Å²) < 4.78 is 34.1. The van der Waals surface area contributed by atoms with E-state index < -0.39 is 25.6 Å². The number of nitrogen functional groups attached to an aromatic ring is 1. The van der Waals surface area contributed by atoms with Gasteiger partial charge in [0, 0.05) is 0 Å². The van der Waals surface area contributed by atoms with Gasteiger partial charge in [0.2, 0.25) is 5.95 Å². The number of phosphoric acid groups is 1. The Labute approximate surface area is 161 Å². The van der Waals surface area contributed by atoms with Gasteiger partial charge >= 0.3 is 7.82 Å². The molecule has 0 aliphatic carbocycles. The lowest BCUT2D eigenvalue weighted by Gasteiger charge is -2.21. The number of rotatable bonds is 11. The molecule has 0 spiro atoms. The molecule has 2 heterocycles. The monoisotopic (exact) mass is 418 g/mol. The maximum atomic E-state index is 11.9. The number of H-pyrrole nitrogens is 1. The van der Waals surface area contributed by atoms with Gasteiger partial charge in [-0.1, -0.05) is 0 Å². The maximum Gasteiger partial charge on any atom is 0.472 e. The normalized spacial score (nSPS) is 15.4. The minimum absolute atomic E-state index is 0.0669. The van der Waals surface area contributed by atoms with Gasteiger partial charge in [0.05, 0.1) is 31.7 Å². The summed E-state index contributed by atoms with van der Waals surface area (Å²) in [6.07, 6.45) is 0.0101. The smallest absolute Gasteiger partial charge is 0.376 e. The Bertz CT molecular complexity index is 881. The summed E-state index contributed by atoms with van der Waals surface area (Å²) in [5, 5.41) is 0. The van der Waals surface area contributed by atoms with Crippen LogP contribution in [0.4, 0.5) is 5.95 Å². The average Bonchev–Trinajstić information content (AvgIpc) is 2.96. The fourth-order valence-corrected chi connectivity index (χ4v) is 3.02. The van der Waals surface area contributed by atoms with Crippen LogP contribution >= 0.6 is 7.82 Å². The second-order valence-corrected chi connectivity index (χ2v) is 7.85. The molecular formula is C15H25N5O7P. The van der Waals surface area contributed by atoms with Crippen molar-refractivity contribution in [1.82, 2.24) is 19.5 Å². The number of anilines is 1. The second-order valence-electron chi connectivity index (χ2n) is 6.44. The van der Waals surface area contributed by atoms with E-state index in [-0.39, 0.29) is 36.4 Å². The number of nitrogens with two attached hydrogens (primary N) is 1. The van der Waals surface area contributed by atoms with Crippen LogP contribution in [0.1, 0.15) is 27.7 Å². The highest BCUT2D eigenvalue weighted by molar-refractivity contribution is 7.47. The molecule has 2 rings (SSSR count). The third-order valence-electron chi connectivity index (χ3n) is 3.20. The van der Waals surface area contributed by atoms with E-state index in [1.54, 1.807) is 13.8 Å². The first-order valence-electron chi connectivity index (χ1n) is 8.56. The van der Waals surface area contributed by atoms with Gasteiger partial charge in [-0.05, 0) is 27.7 Å². The lowest BCUT2D eigenvalue weighted by atomic mass is 10.4. The van der Waals surface area contributed by atoms with Crippen molar-refractivity contribution in [3.05, 3.63) is 23.4 Å². The second kappa shape index (κ2) is 9.59. The minimum atomic E-state index is -4.23. The third kappa shape index (κ3) is 6.66. The van der Waals surface area contributed by atoms with E-state index in [2.05, 4.69) is 15.0 Å². The molecule has 0 saturated heterocycles. The van der Waals surface area contributed by atoms with Gasteiger partial charge in [0.1, 0.15) is 6.10 Å². The first kappa shape index (κ1) is 22.5. The van der Waals surface area contributed by atoms with Crippen LogP contribution in [-0.2, 0) is 23.1 Å². The maximum absolute atomic E-state index is 11.9. The van der Waals surface area contributed by atoms with Crippen LogP contribution in [-0.4, -0.2) is 55.9 Å². The van der Waals surface area contributed by atoms with Crippen LogP contribution in [0.2, 0.25) is 0 Å². The Morgan fingerprint density at radius 1 is 1.32 bits per heavy atom. The number of phosphoric ester groups is 1. The van der Waals surface area contributed by atoms with E-state index in [0.29, 0.717) is 0 Å². The summed E-state index contributed by atoms with van der Waals surface area (Å²) in [6.45, 7) is 7.95. The number of hydrogen-bond donors (Lipinski definition) is 3. The topological polar surface area (TPSA) is 164 Å². The zero-order valence-corrected chi connectivity index (χ0v) is 17.0. The van der Waals surface area contributed by atoms with Crippen LogP contribution < -0.4 is 11.3 Å². The Morgan fingerprint density at radius 3 is 2.68 bits per heavy atom. The largest absolute Gasteiger partial charge is 0.472 e. The molecule has 0 fully saturated rings. The summed E-state index contributed by atoms with van der Waals surface area (Å²) in [5.41, 5.74) is 5.35. The average molecular weight is 418 g/mol. The lowest BCUT2D eigenvalue weighted by Crippen LogP contribution is -2.27. The summed E-state index contributed by atoms with van der Waals surface area (Å²) in [4.78, 5) is 31.8. The van der Waals surface area contributed by atoms with E-state index in [9.17, 15) is 14.3 Å². The zero-order valence-electron chi connectivity index (χ0n) is 16.1. The molecule has 157 valence electrons. The SMILES string of the molecule is CC(C)OCC(COP(=O)(O)OC(C)C)O[CH]n1cnc2c(=O)[nH]c(N)nc21. The number of hydrogen-bond acceptors (Lipinski definition) is 9. The Hall–Kier alpha value is -1.82. The van der Waals surface area contributed by atoms with Gasteiger partial charge in [-0.3, -0.25) is 23.4 Å². The molecule has 1 radical (unpaired) electrons. The standard InChI is InChI=1S/C15H25N5O7P/c1-9(2)24-5-11(6-26-28(22,23)27-10(3)4)25-8-20-7-17-12-13(20)18-15(16)19-14(12)21/h7-11H,5-6H2,1-4H3,(H,22,23)(H3,16,18,19,21). The molecule has 0 aliphatic heterocycles. The first-order valence-corrected chi connectivity index (χ1v) is 10.1. The van der Waals surface area contributed by atoms with E-state index in [4.69, 9.17) is 24.3 Å². The number of ether oxygens (including phenoxy) is 2. The molecule has 13 heteroatoms. The molecule has 2 atom stereocenters. The number of nitrogens with one attached hydrogen (secondary N) is 1. The highest BCUT2D eigenvalue weighted by Gasteiger charge is 2.25. The molecule has 2 aromatic heterocycles. The summed E-state index contributed by atoms with van der Waals surface area (Å²) in [5.74, 6) is -0.0669. The van der Waals surface area contributed by atoms with E-state index in [1.165, 1.54) is 17.6 Å².